The highest BCUT2D eigenvalue weighted by atomic mass is 32.2. The molecule has 0 saturated carbocycles. The summed E-state index contributed by atoms with van der Waals surface area (Å²) in [5, 5.41) is 3.30. The van der Waals surface area contributed by atoms with Gasteiger partial charge in [0.25, 0.3) is 10.0 Å². The van der Waals surface area contributed by atoms with Crippen LogP contribution in [0.5, 0.6) is 0 Å². The molecule has 142 valence electrons. The molecule has 5 nitrogen and oxygen atoms in total. The monoisotopic (exact) mass is 375 g/mol. The van der Waals surface area contributed by atoms with E-state index in [1.807, 2.05) is 38.4 Å². The predicted molar refractivity (Wildman–Crippen MR) is 109 cm³/mol. The molecule has 0 atom stereocenters. The molecule has 0 heterocycles. The Labute approximate surface area is 157 Å². The van der Waals surface area contributed by atoms with Gasteiger partial charge < -0.3 is 10.2 Å². The molecule has 0 radical (unpaired) electrons. The lowest BCUT2D eigenvalue weighted by atomic mass is 9.87. The molecule has 0 aliphatic heterocycles. The SMILES string of the molecule is CN(C)CCNc1ccc(NS(=O)(=O)c2ccc(C(C)(C)C)cc2)cc1. The summed E-state index contributed by atoms with van der Waals surface area (Å²) in [6.07, 6.45) is 0. The Morgan fingerprint density at radius 2 is 1.42 bits per heavy atom. The van der Waals surface area contributed by atoms with Gasteiger partial charge in [-0.25, -0.2) is 8.42 Å². The summed E-state index contributed by atoms with van der Waals surface area (Å²) >= 11 is 0. The average molecular weight is 376 g/mol. The number of sulfonamides is 1. The Hall–Kier alpha value is -2.05. The third kappa shape index (κ3) is 5.75. The van der Waals surface area contributed by atoms with E-state index >= 15 is 0 Å². The molecule has 6 heteroatoms. The van der Waals surface area contributed by atoms with E-state index in [9.17, 15) is 8.42 Å². The molecule has 0 aliphatic carbocycles. The summed E-state index contributed by atoms with van der Waals surface area (Å²) in [7, 11) is 0.449. The number of rotatable bonds is 7. The zero-order chi connectivity index (χ0) is 19.4. The van der Waals surface area contributed by atoms with Gasteiger partial charge in [0.15, 0.2) is 0 Å². The summed E-state index contributed by atoms with van der Waals surface area (Å²) < 4.78 is 27.8. The van der Waals surface area contributed by atoms with Gasteiger partial charge >= 0.3 is 0 Å². The zero-order valence-corrected chi connectivity index (χ0v) is 17.0. The minimum atomic E-state index is -3.59. The molecular formula is C20H29N3O2S. The van der Waals surface area contributed by atoms with Gasteiger partial charge in [-0.15, -0.1) is 0 Å². The lowest BCUT2D eigenvalue weighted by molar-refractivity contribution is 0.425. The Bertz CT molecular complexity index is 806. The molecule has 0 aromatic heterocycles. The molecule has 0 saturated heterocycles. The molecule has 0 amide bonds. The van der Waals surface area contributed by atoms with E-state index in [1.165, 1.54) is 0 Å². The van der Waals surface area contributed by atoms with E-state index in [4.69, 9.17) is 0 Å². The second-order valence-electron chi connectivity index (χ2n) is 7.69. The van der Waals surface area contributed by atoms with Crippen LogP contribution < -0.4 is 10.0 Å². The van der Waals surface area contributed by atoms with Crippen molar-refractivity contribution < 1.29 is 8.42 Å². The molecule has 2 aromatic carbocycles. The lowest BCUT2D eigenvalue weighted by Gasteiger charge is -2.19. The predicted octanol–water partition coefficient (Wildman–Crippen LogP) is 3.76. The summed E-state index contributed by atoms with van der Waals surface area (Å²) in [5.74, 6) is 0. The Kier molecular flexibility index (Phi) is 6.31. The van der Waals surface area contributed by atoms with Gasteiger partial charge in [0, 0.05) is 24.5 Å². The first-order chi connectivity index (χ1) is 12.1. The molecule has 2 rings (SSSR count). The third-order valence-corrected chi connectivity index (χ3v) is 5.45. The highest BCUT2D eigenvalue weighted by molar-refractivity contribution is 7.92. The first-order valence-electron chi connectivity index (χ1n) is 8.70. The summed E-state index contributed by atoms with van der Waals surface area (Å²) in [6, 6.07) is 14.3. The van der Waals surface area contributed by atoms with Gasteiger partial charge in [-0.2, -0.15) is 0 Å². The minimum Gasteiger partial charge on any atom is -0.384 e. The average Bonchev–Trinajstić information content (AvgIpc) is 2.55. The second kappa shape index (κ2) is 8.10. The standard InChI is InChI=1S/C20H29N3O2S/c1-20(2,3)16-6-12-19(13-7-16)26(24,25)22-18-10-8-17(9-11-18)21-14-15-23(4)5/h6-13,21-22H,14-15H2,1-5H3. The lowest BCUT2D eigenvalue weighted by Crippen LogP contribution is -2.20. The van der Waals surface area contributed by atoms with Crippen LogP contribution in [-0.2, 0) is 15.4 Å². The number of likely N-dealkylation sites (N-methyl/N-ethyl adjacent to an activating group) is 1. The molecule has 2 N–H and O–H groups in total. The van der Waals surface area contributed by atoms with Crippen LogP contribution in [0.2, 0.25) is 0 Å². The number of hydrogen-bond donors (Lipinski definition) is 2. The van der Waals surface area contributed by atoms with Crippen molar-refractivity contribution in [1.82, 2.24) is 4.90 Å². The van der Waals surface area contributed by atoms with Crippen LogP contribution >= 0.6 is 0 Å². The van der Waals surface area contributed by atoms with E-state index < -0.39 is 10.0 Å². The smallest absolute Gasteiger partial charge is 0.261 e. The minimum absolute atomic E-state index is 0.00880. The summed E-state index contributed by atoms with van der Waals surface area (Å²) in [6.45, 7) is 8.06. The molecule has 26 heavy (non-hydrogen) atoms. The van der Waals surface area contributed by atoms with Gasteiger partial charge in [0.05, 0.1) is 4.90 Å². The molecule has 0 spiro atoms. The first kappa shape index (κ1) is 20.3. The van der Waals surface area contributed by atoms with Crippen LogP contribution in [0.25, 0.3) is 0 Å². The Morgan fingerprint density at radius 1 is 0.885 bits per heavy atom. The van der Waals surface area contributed by atoms with Crippen molar-refractivity contribution in [2.24, 2.45) is 0 Å². The molecular weight excluding hydrogens is 346 g/mol. The molecule has 0 bridgehead atoms. The first-order valence-corrected chi connectivity index (χ1v) is 10.2. The maximum Gasteiger partial charge on any atom is 0.261 e. The van der Waals surface area contributed by atoms with Crippen molar-refractivity contribution in [2.75, 3.05) is 37.2 Å². The van der Waals surface area contributed by atoms with Crippen LogP contribution in [0.15, 0.2) is 53.4 Å². The van der Waals surface area contributed by atoms with Crippen LogP contribution in [-0.4, -0.2) is 40.5 Å². The fourth-order valence-corrected chi connectivity index (χ4v) is 3.49. The van der Waals surface area contributed by atoms with Gasteiger partial charge in [0.2, 0.25) is 0 Å². The van der Waals surface area contributed by atoms with Crippen molar-refractivity contribution in [3.8, 4) is 0 Å². The van der Waals surface area contributed by atoms with Crippen molar-refractivity contribution >= 4 is 21.4 Å². The largest absolute Gasteiger partial charge is 0.384 e. The molecule has 2 aromatic rings. The van der Waals surface area contributed by atoms with E-state index in [-0.39, 0.29) is 10.3 Å². The van der Waals surface area contributed by atoms with Gasteiger partial charge in [-0.3, -0.25) is 4.72 Å². The zero-order valence-electron chi connectivity index (χ0n) is 16.2. The van der Waals surface area contributed by atoms with Crippen LogP contribution in [0.3, 0.4) is 0 Å². The molecule has 0 unspecified atom stereocenters. The second-order valence-corrected chi connectivity index (χ2v) is 9.37. The normalized spacial score (nSPS) is 12.2. The van der Waals surface area contributed by atoms with Crippen LogP contribution in [0.4, 0.5) is 11.4 Å². The molecule has 0 aliphatic rings. The Balaban J connectivity index is 2.04. The van der Waals surface area contributed by atoms with Gasteiger partial charge in [0.1, 0.15) is 0 Å². The van der Waals surface area contributed by atoms with Crippen molar-refractivity contribution in [3.05, 3.63) is 54.1 Å². The number of benzene rings is 2. The van der Waals surface area contributed by atoms with Crippen molar-refractivity contribution in [1.29, 1.82) is 0 Å². The van der Waals surface area contributed by atoms with Crippen LogP contribution in [0.1, 0.15) is 26.3 Å². The highest BCUT2D eigenvalue weighted by Gasteiger charge is 2.17. The maximum absolute atomic E-state index is 12.6. The van der Waals surface area contributed by atoms with E-state index in [1.54, 1.807) is 24.3 Å². The number of nitrogens with one attached hydrogen (secondary N) is 2. The van der Waals surface area contributed by atoms with E-state index in [2.05, 4.69) is 35.7 Å². The Morgan fingerprint density at radius 3 is 1.92 bits per heavy atom. The summed E-state index contributed by atoms with van der Waals surface area (Å²) in [4.78, 5) is 2.36. The summed E-state index contributed by atoms with van der Waals surface area (Å²) in [5.41, 5.74) is 2.60. The van der Waals surface area contributed by atoms with Crippen molar-refractivity contribution in [2.45, 2.75) is 31.1 Å². The third-order valence-electron chi connectivity index (χ3n) is 4.06. The fraction of sp³-hybridized carbons (Fsp3) is 0.400. The number of hydrogen-bond acceptors (Lipinski definition) is 4. The topological polar surface area (TPSA) is 61.4 Å². The number of anilines is 2. The fourth-order valence-electron chi connectivity index (χ4n) is 2.43. The van der Waals surface area contributed by atoms with E-state index in [0.717, 1.165) is 24.3 Å². The van der Waals surface area contributed by atoms with Gasteiger partial charge in [-0.05, 0) is 61.5 Å². The number of nitrogens with zero attached hydrogens (tertiary/aromatic N) is 1. The maximum atomic E-state index is 12.6. The highest BCUT2D eigenvalue weighted by Crippen LogP contribution is 2.24. The van der Waals surface area contributed by atoms with Crippen LogP contribution in [0, 0.1) is 0 Å². The van der Waals surface area contributed by atoms with E-state index in [0.29, 0.717) is 5.69 Å². The quantitative estimate of drug-likeness (QED) is 0.773. The molecule has 0 fully saturated rings. The van der Waals surface area contributed by atoms with Gasteiger partial charge in [-0.1, -0.05) is 32.9 Å². The van der Waals surface area contributed by atoms with Crippen molar-refractivity contribution in [3.63, 3.8) is 0 Å².